The van der Waals surface area contributed by atoms with Crippen LogP contribution in [0.25, 0.3) is 0 Å². The number of rotatable bonds is 4. The van der Waals surface area contributed by atoms with Crippen molar-refractivity contribution in [2.75, 3.05) is 5.32 Å². The zero-order valence-corrected chi connectivity index (χ0v) is 10.2. The Labute approximate surface area is 111 Å². The molecule has 0 fully saturated rings. The summed E-state index contributed by atoms with van der Waals surface area (Å²) in [6, 6.07) is 9.46. The summed E-state index contributed by atoms with van der Waals surface area (Å²) in [5.74, 6) is 2.45. The van der Waals surface area contributed by atoms with Crippen LogP contribution in [0.5, 0.6) is 0 Å². The Morgan fingerprint density at radius 2 is 2.21 bits per heavy atom. The number of hydrogen-bond donors (Lipinski definition) is 1. The summed E-state index contributed by atoms with van der Waals surface area (Å²) >= 11 is 0. The standard InChI is InChI=1S/C14H13N3O2/c1-2-8-17-10-13(9-15-17)16-14(18)19-11-12-6-4-3-5-7-12/h1,3-7,9-10H,8,11H2,(H,16,18). The first-order chi connectivity index (χ1) is 9.28. The van der Waals surface area contributed by atoms with E-state index in [1.165, 1.54) is 6.20 Å². The number of nitrogens with zero attached hydrogens (tertiary/aromatic N) is 2. The molecule has 96 valence electrons. The van der Waals surface area contributed by atoms with Crippen molar-refractivity contribution in [3.63, 3.8) is 0 Å². The van der Waals surface area contributed by atoms with E-state index in [0.717, 1.165) is 5.56 Å². The normalized spacial score (nSPS) is 9.63. The number of ether oxygens (including phenoxy) is 1. The second kappa shape index (κ2) is 6.26. The van der Waals surface area contributed by atoms with Crippen LogP contribution in [0.4, 0.5) is 10.5 Å². The third-order valence-corrected chi connectivity index (χ3v) is 2.35. The lowest BCUT2D eigenvalue weighted by atomic mass is 10.2. The molecule has 0 atom stereocenters. The van der Waals surface area contributed by atoms with Crippen LogP contribution < -0.4 is 5.32 Å². The van der Waals surface area contributed by atoms with Crippen LogP contribution in [-0.2, 0) is 17.9 Å². The van der Waals surface area contributed by atoms with Crippen molar-refractivity contribution in [3.05, 3.63) is 48.3 Å². The fourth-order valence-corrected chi connectivity index (χ4v) is 1.49. The first-order valence-electron chi connectivity index (χ1n) is 5.71. The molecule has 5 nitrogen and oxygen atoms in total. The Kier molecular flexibility index (Phi) is 4.19. The molecule has 0 aliphatic rings. The lowest BCUT2D eigenvalue weighted by molar-refractivity contribution is 0.155. The molecule has 1 aromatic heterocycles. The van der Waals surface area contributed by atoms with Crippen LogP contribution in [0.3, 0.4) is 0 Å². The van der Waals surface area contributed by atoms with Crippen molar-refractivity contribution >= 4 is 11.8 Å². The molecule has 0 aliphatic heterocycles. The minimum absolute atomic E-state index is 0.227. The summed E-state index contributed by atoms with van der Waals surface area (Å²) in [4.78, 5) is 11.5. The predicted octanol–water partition coefficient (Wildman–Crippen LogP) is 2.27. The molecule has 2 aromatic rings. The third-order valence-electron chi connectivity index (χ3n) is 2.35. The molecule has 1 heterocycles. The minimum atomic E-state index is -0.524. The van der Waals surface area contributed by atoms with Crippen molar-refractivity contribution in [1.29, 1.82) is 0 Å². The number of benzene rings is 1. The molecule has 0 bridgehead atoms. The van der Waals surface area contributed by atoms with Crippen LogP contribution >= 0.6 is 0 Å². The van der Waals surface area contributed by atoms with E-state index in [0.29, 0.717) is 12.2 Å². The van der Waals surface area contributed by atoms with E-state index in [9.17, 15) is 4.79 Å². The van der Waals surface area contributed by atoms with Gasteiger partial charge in [-0.1, -0.05) is 36.3 Å². The van der Waals surface area contributed by atoms with Gasteiger partial charge in [-0.3, -0.25) is 10.00 Å². The van der Waals surface area contributed by atoms with Crippen molar-refractivity contribution in [2.45, 2.75) is 13.2 Å². The second-order valence-corrected chi connectivity index (χ2v) is 3.82. The summed E-state index contributed by atoms with van der Waals surface area (Å²) in [6.07, 6.45) is 7.79. The summed E-state index contributed by atoms with van der Waals surface area (Å²) < 4.78 is 6.62. The Bertz CT molecular complexity index is 584. The summed E-state index contributed by atoms with van der Waals surface area (Å²) in [7, 11) is 0. The van der Waals surface area contributed by atoms with E-state index in [-0.39, 0.29) is 6.61 Å². The molecule has 5 heteroatoms. The van der Waals surface area contributed by atoms with Gasteiger partial charge in [0.2, 0.25) is 0 Å². The van der Waals surface area contributed by atoms with Gasteiger partial charge in [0.1, 0.15) is 13.2 Å². The molecule has 1 amide bonds. The number of amides is 1. The average molecular weight is 255 g/mol. The zero-order chi connectivity index (χ0) is 13.5. The number of aromatic nitrogens is 2. The van der Waals surface area contributed by atoms with Gasteiger partial charge in [0.15, 0.2) is 0 Å². The highest BCUT2D eigenvalue weighted by atomic mass is 16.5. The topological polar surface area (TPSA) is 56.2 Å². The monoisotopic (exact) mass is 255 g/mol. The smallest absolute Gasteiger partial charge is 0.412 e. The van der Waals surface area contributed by atoms with Crippen LogP contribution in [0.15, 0.2) is 42.7 Å². The lowest BCUT2D eigenvalue weighted by Gasteiger charge is -2.05. The fraction of sp³-hybridized carbons (Fsp3) is 0.143. The van der Waals surface area contributed by atoms with Gasteiger partial charge in [-0.05, 0) is 5.56 Å². The molecule has 2 rings (SSSR count). The number of carbonyl (C=O) groups excluding carboxylic acids is 1. The predicted molar refractivity (Wildman–Crippen MR) is 71.3 cm³/mol. The number of terminal acetylenes is 1. The number of carbonyl (C=O) groups is 1. The maximum Gasteiger partial charge on any atom is 0.412 e. The summed E-state index contributed by atoms with van der Waals surface area (Å²) in [6.45, 7) is 0.589. The van der Waals surface area contributed by atoms with Crippen molar-refractivity contribution in [2.24, 2.45) is 0 Å². The fourth-order valence-electron chi connectivity index (χ4n) is 1.49. The Morgan fingerprint density at radius 3 is 2.95 bits per heavy atom. The highest BCUT2D eigenvalue weighted by molar-refractivity contribution is 5.84. The molecule has 0 aliphatic carbocycles. The van der Waals surface area contributed by atoms with Crippen molar-refractivity contribution < 1.29 is 9.53 Å². The largest absolute Gasteiger partial charge is 0.444 e. The van der Waals surface area contributed by atoms with Gasteiger partial charge in [0.05, 0.1) is 11.9 Å². The molecule has 19 heavy (non-hydrogen) atoms. The SMILES string of the molecule is C#CCn1cc(NC(=O)OCc2ccccc2)cn1. The van der Waals surface area contributed by atoms with E-state index in [2.05, 4.69) is 16.3 Å². The number of nitrogens with one attached hydrogen (secondary N) is 1. The summed E-state index contributed by atoms with van der Waals surface area (Å²) in [5.41, 5.74) is 1.48. The van der Waals surface area contributed by atoms with Crippen LogP contribution in [0.2, 0.25) is 0 Å². The molecule has 0 radical (unpaired) electrons. The molecule has 0 unspecified atom stereocenters. The number of anilines is 1. The molecular formula is C14H13N3O2. The lowest BCUT2D eigenvalue weighted by Crippen LogP contribution is -2.13. The van der Waals surface area contributed by atoms with E-state index in [1.807, 2.05) is 30.3 Å². The zero-order valence-electron chi connectivity index (χ0n) is 10.2. The molecule has 0 saturated carbocycles. The quantitative estimate of drug-likeness (QED) is 0.853. The van der Waals surface area contributed by atoms with Crippen LogP contribution in [0, 0.1) is 12.3 Å². The van der Waals surface area contributed by atoms with Gasteiger partial charge in [0, 0.05) is 6.20 Å². The summed E-state index contributed by atoms with van der Waals surface area (Å²) in [5, 5.41) is 6.56. The first kappa shape index (κ1) is 12.7. The van der Waals surface area contributed by atoms with Crippen molar-refractivity contribution in [1.82, 2.24) is 9.78 Å². The van der Waals surface area contributed by atoms with Gasteiger partial charge >= 0.3 is 6.09 Å². The molecular weight excluding hydrogens is 242 g/mol. The highest BCUT2D eigenvalue weighted by Gasteiger charge is 2.05. The van der Waals surface area contributed by atoms with E-state index >= 15 is 0 Å². The first-order valence-corrected chi connectivity index (χ1v) is 5.71. The molecule has 0 saturated heterocycles. The maximum absolute atomic E-state index is 11.5. The molecule has 1 N–H and O–H groups in total. The van der Waals surface area contributed by atoms with E-state index in [1.54, 1.807) is 10.9 Å². The highest BCUT2D eigenvalue weighted by Crippen LogP contribution is 2.06. The average Bonchev–Trinajstić information content (AvgIpc) is 2.85. The Hall–Kier alpha value is -2.74. The third kappa shape index (κ3) is 3.89. The Morgan fingerprint density at radius 1 is 1.42 bits per heavy atom. The van der Waals surface area contributed by atoms with Gasteiger partial charge in [-0.15, -0.1) is 6.42 Å². The van der Waals surface area contributed by atoms with Gasteiger partial charge in [-0.25, -0.2) is 4.79 Å². The van der Waals surface area contributed by atoms with Gasteiger partial charge in [0.25, 0.3) is 0 Å². The van der Waals surface area contributed by atoms with E-state index < -0.39 is 6.09 Å². The van der Waals surface area contributed by atoms with Crippen molar-refractivity contribution in [3.8, 4) is 12.3 Å². The second-order valence-electron chi connectivity index (χ2n) is 3.82. The molecule has 0 spiro atoms. The maximum atomic E-state index is 11.5. The number of hydrogen-bond acceptors (Lipinski definition) is 3. The molecule has 1 aromatic carbocycles. The minimum Gasteiger partial charge on any atom is -0.444 e. The van der Waals surface area contributed by atoms with Crippen LogP contribution in [0.1, 0.15) is 5.56 Å². The van der Waals surface area contributed by atoms with E-state index in [4.69, 9.17) is 11.2 Å². The van der Waals surface area contributed by atoms with Gasteiger partial charge < -0.3 is 4.74 Å². The van der Waals surface area contributed by atoms with Gasteiger partial charge in [-0.2, -0.15) is 5.10 Å². The Balaban J connectivity index is 1.82. The van der Waals surface area contributed by atoms with Crippen LogP contribution in [-0.4, -0.2) is 15.9 Å².